The predicted octanol–water partition coefficient (Wildman–Crippen LogP) is 3.68. The van der Waals surface area contributed by atoms with Crippen molar-refractivity contribution >= 4 is 11.7 Å². The molecular formula is C14H13F3N2O3. The fourth-order valence-electron chi connectivity index (χ4n) is 1.70. The summed E-state index contributed by atoms with van der Waals surface area (Å²) in [6.45, 7) is -2.89. The van der Waals surface area contributed by atoms with Gasteiger partial charge in [0.15, 0.2) is 11.6 Å². The van der Waals surface area contributed by atoms with E-state index >= 15 is 0 Å². The fraction of sp³-hybridized carbons (Fsp3) is 0.214. The number of rotatable bonds is 5. The van der Waals surface area contributed by atoms with Crippen molar-refractivity contribution in [3.63, 3.8) is 0 Å². The molecule has 0 bridgehead atoms. The maximum atomic E-state index is 13.5. The molecule has 1 aromatic carbocycles. The first-order valence-electron chi connectivity index (χ1n) is 6.24. The monoisotopic (exact) mass is 314 g/mol. The summed E-state index contributed by atoms with van der Waals surface area (Å²) in [5, 5.41) is 2.44. The average Bonchev–Trinajstić information content (AvgIpc) is 2.94. The molecule has 0 saturated carbocycles. The number of carbonyl (C=O) groups excluding carboxylic acids is 1. The molecule has 2 aromatic rings. The van der Waals surface area contributed by atoms with E-state index in [0.29, 0.717) is 5.76 Å². The molecule has 0 unspecified atom stereocenters. The first-order valence-corrected chi connectivity index (χ1v) is 6.24. The minimum absolute atomic E-state index is 0.121. The van der Waals surface area contributed by atoms with Crippen molar-refractivity contribution < 1.29 is 27.1 Å². The summed E-state index contributed by atoms with van der Waals surface area (Å²) >= 11 is 0. The zero-order valence-electron chi connectivity index (χ0n) is 11.6. The third-order valence-corrected chi connectivity index (χ3v) is 2.72. The van der Waals surface area contributed by atoms with Gasteiger partial charge in [-0.1, -0.05) is 0 Å². The number of nitrogens with zero attached hydrogens (tertiary/aromatic N) is 1. The third kappa shape index (κ3) is 4.18. The number of carbonyl (C=O) groups is 1. The van der Waals surface area contributed by atoms with E-state index in [0.717, 1.165) is 12.1 Å². The molecule has 0 saturated heterocycles. The SMILES string of the molecule is CN(Cc1ccco1)C(=O)Nc1ccc(OC(F)F)c(F)c1. The van der Waals surface area contributed by atoms with E-state index in [2.05, 4.69) is 10.1 Å². The van der Waals surface area contributed by atoms with Crippen LogP contribution in [0, 0.1) is 5.82 Å². The van der Waals surface area contributed by atoms with Gasteiger partial charge in [0, 0.05) is 18.8 Å². The van der Waals surface area contributed by atoms with Gasteiger partial charge >= 0.3 is 12.6 Å². The number of amides is 2. The lowest BCUT2D eigenvalue weighted by atomic mass is 10.3. The van der Waals surface area contributed by atoms with Crippen molar-refractivity contribution in [3.05, 3.63) is 48.2 Å². The van der Waals surface area contributed by atoms with Crippen molar-refractivity contribution in [3.8, 4) is 5.75 Å². The number of ether oxygens (including phenoxy) is 1. The topological polar surface area (TPSA) is 54.7 Å². The van der Waals surface area contributed by atoms with E-state index in [4.69, 9.17) is 4.42 Å². The maximum absolute atomic E-state index is 13.5. The van der Waals surface area contributed by atoms with Gasteiger partial charge in [-0.3, -0.25) is 0 Å². The minimum atomic E-state index is -3.12. The van der Waals surface area contributed by atoms with Gasteiger partial charge in [-0.15, -0.1) is 0 Å². The largest absolute Gasteiger partial charge is 0.467 e. The molecule has 1 heterocycles. The Morgan fingerprint density at radius 2 is 2.18 bits per heavy atom. The van der Waals surface area contributed by atoms with Crippen LogP contribution in [0.2, 0.25) is 0 Å². The van der Waals surface area contributed by atoms with Crippen LogP contribution in [0.5, 0.6) is 5.75 Å². The smallest absolute Gasteiger partial charge is 0.387 e. The Balaban J connectivity index is 1.97. The quantitative estimate of drug-likeness (QED) is 0.916. The van der Waals surface area contributed by atoms with Crippen molar-refractivity contribution in [2.24, 2.45) is 0 Å². The van der Waals surface area contributed by atoms with Crippen molar-refractivity contribution in [1.29, 1.82) is 0 Å². The molecule has 0 atom stereocenters. The van der Waals surface area contributed by atoms with Crippen LogP contribution >= 0.6 is 0 Å². The number of benzene rings is 1. The minimum Gasteiger partial charge on any atom is -0.467 e. The highest BCUT2D eigenvalue weighted by Crippen LogP contribution is 2.23. The number of furan rings is 1. The van der Waals surface area contributed by atoms with Gasteiger partial charge in [0.25, 0.3) is 0 Å². The van der Waals surface area contributed by atoms with Gasteiger partial charge in [-0.2, -0.15) is 8.78 Å². The van der Waals surface area contributed by atoms with E-state index < -0.39 is 24.2 Å². The summed E-state index contributed by atoms with van der Waals surface area (Å²) < 4.78 is 46.7. The number of alkyl halides is 2. The van der Waals surface area contributed by atoms with Crippen molar-refractivity contribution in [2.75, 3.05) is 12.4 Å². The maximum Gasteiger partial charge on any atom is 0.387 e. The van der Waals surface area contributed by atoms with Gasteiger partial charge in [-0.05, 0) is 24.3 Å². The van der Waals surface area contributed by atoms with Crippen LogP contribution in [-0.2, 0) is 6.54 Å². The molecule has 0 aliphatic carbocycles. The van der Waals surface area contributed by atoms with Crippen LogP contribution in [0.4, 0.5) is 23.7 Å². The Hall–Kier alpha value is -2.64. The summed E-state index contributed by atoms with van der Waals surface area (Å²) in [6, 6.07) is 6.08. The van der Waals surface area contributed by atoms with E-state index in [1.165, 1.54) is 24.3 Å². The molecule has 0 aliphatic heterocycles. The highest BCUT2D eigenvalue weighted by atomic mass is 19.3. The number of hydrogen-bond acceptors (Lipinski definition) is 3. The molecule has 8 heteroatoms. The van der Waals surface area contributed by atoms with Gasteiger partial charge in [0.2, 0.25) is 0 Å². The van der Waals surface area contributed by atoms with E-state index in [9.17, 15) is 18.0 Å². The molecule has 0 spiro atoms. The number of hydrogen-bond donors (Lipinski definition) is 1. The normalized spacial score (nSPS) is 10.6. The first kappa shape index (κ1) is 15.7. The van der Waals surface area contributed by atoms with Crippen LogP contribution in [0.15, 0.2) is 41.0 Å². The Bertz CT molecular complexity index is 632. The van der Waals surface area contributed by atoms with Crippen LogP contribution in [0.25, 0.3) is 0 Å². The Morgan fingerprint density at radius 1 is 1.41 bits per heavy atom. The van der Waals surface area contributed by atoms with E-state index in [1.54, 1.807) is 12.1 Å². The summed E-state index contributed by atoms with van der Waals surface area (Å²) in [5.41, 5.74) is 0.121. The first-order chi connectivity index (χ1) is 10.5. The van der Waals surface area contributed by atoms with Crippen LogP contribution in [-0.4, -0.2) is 24.6 Å². The molecule has 2 amide bonds. The predicted molar refractivity (Wildman–Crippen MR) is 72.2 cm³/mol. The standard InChI is InChI=1S/C14H13F3N2O3/c1-19(8-10-3-2-6-21-10)14(20)18-9-4-5-12(11(15)7-9)22-13(16)17/h2-7,13H,8H2,1H3,(H,18,20). The van der Waals surface area contributed by atoms with Crippen LogP contribution in [0.1, 0.15) is 5.76 Å². The number of halogens is 3. The molecule has 22 heavy (non-hydrogen) atoms. The van der Waals surface area contributed by atoms with Crippen LogP contribution in [0.3, 0.4) is 0 Å². The average molecular weight is 314 g/mol. The van der Waals surface area contributed by atoms with Crippen molar-refractivity contribution in [2.45, 2.75) is 13.2 Å². The van der Waals surface area contributed by atoms with Gasteiger partial charge in [0.1, 0.15) is 5.76 Å². The number of nitrogens with one attached hydrogen (secondary N) is 1. The molecule has 0 radical (unpaired) electrons. The third-order valence-electron chi connectivity index (χ3n) is 2.72. The van der Waals surface area contributed by atoms with E-state index in [-0.39, 0.29) is 12.2 Å². The second-order valence-corrected chi connectivity index (χ2v) is 4.39. The summed E-state index contributed by atoms with van der Waals surface area (Å²) in [5.74, 6) is -0.992. The van der Waals surface area contributed by atoms with Crippen molar-refractivity contribution in [1.82, 2.24) is 4.90 Å². The molecule has 1 N–H and O–H groups in total. The van der Waals surface area contributed by atoms with Crippen LogP contribution < -0.4 is 10.1 Å². The second-order valence-electron chi connectivity index (χ2n) is 4.39. The Kier molecular flexibility index (Phi) is 4.92. The lowest BCUT2D eigenvalue weighted by molar-refractivity contribution is -0.0521. The Morgan fingerprint density at radius 3 is 2.77 bits per heavy atom. The molecule has 118 valence electrons. The molecule has 5 nitrogen and oxygen atoms in total. The highest BCUT2D eigenvalue weighted by Gasteiger charge is 2.14. The zero-order valence-corrected chi connectivity index (χ0v) is 11.6. The molecule has 0 aliphatic rings. The molecule has 2 rings (SSSR count). The van der Waals surface area contributed by atoms with Gasteiger partial charge in [0.05, 0.1) is 12.8 Å². The summed E-state index contributed by atoms with van der Waals surface area (Å²) in [6.07, 6.45) is 1.48. The van der Waals surface area contributed by atoms with E-state index in [1.807, 2.05) is 0 Å². The Labute approximate surface area is 124 Å². The van der Waals surface area contributed by atoms with Gasteiger partial charge < -0.3 is 19.4 Å². The lowest BCUT2D eigenvalue weighted by Crippen LogP contribution is -2.30. The summed E-state index contributed by atoms with van der Waals surface area (Å²) in [4.78, 5) is 13.2. The lowest BCUT2D eigenvalue weighted by Gasteiger charge is -2.17. The summed E-state index contributed by atoms with van der Waals surface area (Å²) in [7, 11) is 1.53. The molecule has 1 aromatic heterocycles. The zero-order chi connectivity index (χ0) is 16.1. The number of urea groups is 1. The molecule has 0 fully saturated rings. The number of anilines is 1. The fourth-order valence-corrected chi connectivity index (χ4v) is 1.70. The van der Waals surface area contributed by atoms with Gasteiger partial charge in [-0.25, -0.2) is 9.18 Å². The molecular weight excluding hydrogens is 301 g/mol. The highest BCUT2D eigenvalue weighted by molar-refractivity contribution is 5.89. The second kappa shape index (κ2) is 6.88.